The summed E-state index contributed by atoms with van der Waals surface area (Å²) in [6.45, 7) is 5.85. The molecule has 0 bridgehead atoms. The number of hydrogen-bond donors (Lipinski definition) is 0. The van der Waals surface area contributed by atoms with Crippen LogP contribution in [0.2, 0.25) is 0 Å². The smallest absolute Gasteiger partial charge is 0.222 e. The summed E-state index contributed by atoms with van der Waals surface area (Å²) >= 11 is 1.55. The van der Waals surface area contributed by atoms with Crippen LogP contribution >= 0.6 is 11.8 Å². The summed E-state index contributed by atoms with van der Waals surface area (Å²) in [6, 6.07) is 0. The zero-order valence-corrected chi connectivity index (χ0v) is 12.0. The standard InChI is InChI=1S/C13H19N3OS/c1-9-11(10(2)15-13(14-9)18-3)5-6-12(17)16-7-4-8-16/h4-8H2,1-3H3. The zero-order valence-electron chi connectivity index (χ0n) is 11.2. The molecule has 0 radical (unpaired) electrons. The van der Waals surface area contributed by atoms with Crippen molar-refractivity contribution in [3.05, 3.63) is 17.0 Å². The summed E-state index contributed by atoms with van der Waals surface area (Å²) < 4.78 is 0. The molecule has 2 rings (SSSR count). The van der Waals surface area contributed by atoms with Crippen LogP contribution in [0.4, 0.5) is 0 Å². The third-order valence-electron chi connectivity index (χ3n) is 3.38. The number of thioether (sulfide) groups is 1. The Kier molecular flexibility index (Phi) is 4.22. The van der Waals surface area contributed by atoms with E-state index in [1.54, 1.807) is 11.8 Å². The molecule has 0 unspecified atom stereocenters. The highest BCUT2D eigenvalue weighted by Crippen LogP contribution is 2.18. The highest BCUT2D eigenvalue weighted by atomic mass is 32.2. The lowest BCUT2D eigenvalue weighted by atomic mass is 10.1. The van der Waals surface area contributed by atoms with E-state index in [-0.39, 0.29) is 5.91 Å². The minimum absolute atomic E-state index is 0.258. The van der Waals surface area contributed by atoms with E-state index >= 15 is 0 Å². The molecule has 0 saturated carbocycles. The van der Waals surface area contributed by atoms with Gasteiger partial charge in [-0.25, -0.2) is 9.97 Å². The van der Waals surface area contributed by atoms with Gasteiger partial charge in [0, 0.05) is 30.9 Å². The molecule has 1 amide bonds. The molecule has 0 spiro atoms. The molecule has 1 fully saturated rings. The number of hydrogen-bond acceptors (Lipinski definition) is 4. The molecular formula is C13H19N3OS. The lowest BCUT2D eigenvalue weighted by molar-refractivity contribution is -0.134. The second kappa shape index (κ2) is 5.69. The fourth-order valence-corrected chi connectivity index (χ4v) is 2.57. The van der Waals surface area contributed by atoms with Gasteiger partial charge in [0.15, 0.2) is 5.16 Å². The first-order chi connectivity index (χ1) is 8.61. The number of aryl methyl sites for hydroxylation is 2. The average Bonchev–Trinajstić information content (AvgIpc) is 2.25. The molecule has 1 aliphatic heterocycles. The van der Waals surface area contributed by atoms with Gasteiger partial charge in [0.05, 0.1) is 0 Å². The van der Waals surface area contributed by atoms with Gasteiger partial charge in [0.2, 0.25) is 5.91 Å². The molecule has 18 heavy (non-hydrogen) atoms. The molecule has 2 heterocycles. The van der Waals surface area contributed by atoms with Crippen molar-refractivity contribution >= 4 is 17.7 Å². The van der Waals surface area contributed by atoms with E-state index in [1.807, 2.05) is 25.0 Å². The van der Waals surface area contributed by atoms with Crippen LogP contribution in [0.5, 0.6) is 0 Å². The second-order valence-corrected chi connectivity index (χ2v) is 5.37. The zero-order chi connectivity index (χ0) is 13.1. The lowest BCUT2D eigenvalue weighted by Crippen LogP contribution is -2.42. The quantitative estimate of drug-likeness (QED) is 0.617. The maximum Gasteiger partial charge on any atom is 0.222 e. The van der Waals surface area contributed by atoms with Gasteiger partial charge in [0.1, 0.15) is 0 Å². The number of rotatable bonds is 4. The van der Waals surface area contributed by atoms with Crippen molar-refractivity contribution in [2.45, 2.75) is 38.3 Å². The van der Waals surface area contributed by atoms with E-state index in [0.29, 0.717) is 6.42 Å². The number of carbonyl (C=O) groups excluding carboxylic acids is 1. The van der Waals surface area contributed by atoms with Crippen molar-refractivity contribution in [3.63, 3.8) is 0 Å². The van der Waals surface area contributed by atoms with Crippen LogP contribution in [-0.2, 0) is 11.2 Å². The maximum atomic E-state index is 11.8. The molecule has 1 aromatic heterocycles. The van der Waals surface area contributed by atoms with E-state index in [2.05, 4.69) is 9.97 Å². The second-order valence-electron chi connectivity index (χ2n) is 4.59. The van der Waals surface area contributed by atoms with Crippen LogP contribution in [0.3, 0.4) is 0 Å². The molecule has 98 valence electrons. The van der Waals surface area contributed by atoms with Crippen molar-refractivity contribution in [1.82, 2.24) is 14.9 Å². The monoisotopic (exact) mass is 265 g/mol. The number of carbonyl (C=O) groups is 1. The van der Waals surface area contributed by atoms with Crippen LogP contribution in [0.25, 0.3) is 0 Å². The largest absolute Gasteiger partial charge is 0.343 e. The Balaban J connectivity index is 2.02. The Morgan fingerprint density at radius 1 is 1.28 bits per heavy atom. The van der Waals surface area contributed by atoms with Gasteiger partial charge in [-0.15, -0.1) is 0 Å². The highest BCUT2D eigenvalue weighted by molar-refractivity contribution is 7.98. The van der Waals surface area contributed by atoms with E-state index in [0.717, 1.165) is 48.0 Å². The molecule has 1 aromatic rings. The molecule has 0 aromatic carbocycles. The molecule has 0 N–H and O–H groups in total. The Bertz CT molecular complexity index is 435. The molecule has 0 atom stereocenters. The summed E-state index contributed by atoms with van der Waals surface area (Å²) in [5.74, 6) is 0.258. The number of amides is 1. The van der Waals surface area contributed by atoms with Crippen LogP contribution in [0.15, 0.2) is 5.16 Å². The third kappa shape index (κ3) is 2.83. The third-order valence-corrected chi connectivity index (χ3v) is 3.93. The summed E-state index contributed by atoms with van der Waals surface area (Å²) in [4.78, 5) is 22.6. The fraction of sp³-hybridized carbons (Fsp3) is 0.615. The number of aromatic nitrogens is 2. The van der Waals surface area contributed by atoms with Crippen molar-refractivity contribution in [2.75, 3.05) is 19.3 Å². The predicted molar refractivity (Wildman–Crippen MR) is 72.8 cm³/mol. The van der Waals surface area contributed by atoms with Crippen LogP contribution in [0, 0.1) is 13.8 Å². The Labute approximate surface area is 112 Å². The minimum atomic E-state index is 0.258. The normalized spacial score (nSPS) is 14.5. The molecule has 1 aliphatic rings. The summed E-state index contributed by atoms with van der Waals surface area (Å²) in [5, 5.41) is 0.808. The van der Waals surface area contributed by atoms with Gasteiger partial charge in [-0.1, -0.05) is 11.8 Å². The summed E-state index contributed by atoms with van der Waals surface area (Å²) in [5.41, 5.74) is 3.13. The Morgan fingerprint density at radius 3 is 2.33 bits per heavy atom. The first kappa shape index (κ1) is 13.3. The number of likely N-dealkylation sites (tertiary alicyclic amines) is 1. The first-order valence-electron chi connectivity index (χ1n) is 6.27. The van der Waals surface area contributed by atoms with Crippen molar-refractivity contribution in [1.29, 1.82) is 0 Å². The van der Waals surface area contributed by atoms with E-state index < -0.39 is 0 Å². The summed E-state index contributed by atoms with van der Waals surface area (Å²) in [6.07, 6.45) is 4.45. The minimum Gasteiger partial charge on any atom is -0.343 e. The first-order valence-corrected chi connectivity index (χ1v) is 7.50. The predicted octanol–water partition coefficient (Wildman–Crippen LogP) is 1.98. The highest BCUT2D eigenvalue weighted by Gasteiger charge is 2.20. The average molecular weight is 265 g/mol. The van der Waals surface area contributed by atoms with Crippen LogP contribution in [-0.4, -0.2) is 40.1 Å². The van der Waals surface area contributed by atoms with Gasteiger partial charge in [-0.2, -0.15) is 0 Å². The topological polar surface area (TPSA) is 46.1 Å². The fourth-order valence-electron chi connectivity index (χ4n) is 2.12. The molecule has 4 nitrogen and oxygen atoms in total. The van der Waals surface area contributed by atoms with Crippen molar-refractivity contribution < 1.29 is 4.79 Å². The Morgan fingerprint density at radius 2 is 1.89 bits per heavy atom. The van der Waals surface area contributed by atoms with E-state index in [4.69, 9.17) is 0 Å². The molecule has 0 aliphatic carbocycles. The molecule has 1 saturated heterocycles. The van der Waals surface area contributed by atoms with E-state index in [9.17, 15) is 4.79 Å². The summed E-state index contributed by atoms with van der Waals surface area (Å²) in [7, 11) is 0. The number of nitrogens with zero attached hydrogens (tertiary/aromatic N) is 3. The SMILES string of the molecule is CSc1nc(C)c(CCC(=O)N2CCC2)c(C)n1. The van der Waals surface area contributed by atoms with Gasteiger partial charge < -0.3 is 4.90 Å². The molecular weight excluding hydrogens is 246 g/mol. The maximum absolute atomic E-state index is 11.8. The van der Waals surface area contributed by atoms with Gasteiger partial charge in [-0.05, 0) is 38.5 Å². The lowest BCUT2D eigenvalue weighted by Gasteiger charge is -2.31. The van der Waals surface area contributed by atoms with Gasteiger partial charge >= 0.3 is 0 Å². The van der Waals surface area contributed by atoms with E-state index in [1.165, 1.54) is 0 Å². The van der Waals surface area contributed by atoms with Gasteiger partial charge in [-0.3, -0.25) is 4.79 Å². The van der Waals surface area contributed by atoms with Crippen LogP contribution < -0.4 is 0 Å². The van der Waals surface area contributed by atoms with Gasteiger partial charge in [0.25, 0.3) is 0 Å². The van der Waals surface area contributed by atoms with Crippen molar-refractivity contribution in [2.24, 2.45) is 0 Å². The Hall–Kier alpha value is -1.10. The van der Waals surface area contributed by atoms with Crippen molar-refractivity contribution in [3.8, 4) is 0 Å². The van der Waals surface area contributed by atoms with Crippen LogP contribution in [0.1, 0.15) is 29.8 Å². The molecule has 5 heteroatoms.